The van der Waals surface area contributed by atoms with Crippen LogP contribution in [0.4, 0.5) is 10.1 Å². The molecule has 0 aliphatic carbocycles. The number of carbonyl (C=O) groups excluding carboxylic acids is 2. The summed E-state index contributed by atoms with van der Waals surface area (Å²) in [6.07, 6.45) is 2.70. The van der Waals surface area contributed by atoms with Crippen LogP contribution in [0, 0.1) is 11.7 Å². The lowest BCUT2D eigenvalue weighted by Gasteiger charge is -2.31. The summed E-state index contributed by atoms with van der Waals surface area (Å²) in [6, 6.07) is 10.3. The van der Waals surface area contributed by atoms with E-state index >= 15 is 0 Å². The molecule has 1 saturated heterocycles. The van der Waals surface area contributed by atoms with Crippen molar-refractivity contribution >= 4 is 29.1 Å². The highest BCUT2D eigenvalue weighted by atomic mass is 19.1. The Balaban J connectivity index is 1.49. The number of halogens is 1. The molecule has 0 unspecified atom stereocenters. The summed E-state index contributed by atoms with van der Waals surface area (Å²) < 4.78 is 20.2. The highest BCUT2D eigenvalue weighted by Gasteiger charge is 2.27. The quantitative estimate of drug-likeness (QED) is 0.569. The van der Waals surface area contributed by atoms with Gasteiger partial charge in [0.05, 0.1) is 5.69 Å². The Morgan fingerprint density at radius 2 is 1.94 bits per heavy atom. The summed E-state index contributed by atoms with van der Waals surface area (Å²) in [4.78, 5) is 29.5. The first-order valence-corrected chi connectivity index (χ1v) is 10.6. The first-order valence-electron chi connectivity index (χ1n) is 10.6. The van der Waals surface area contributed by atoms with Crippen molar-refractivity contribution < 1.29 is 18.4 Å². The average Bonchev–Trinajstić information content (AvgIpc) is 3.18. The lowest BCUT2D eigenvalue weighted by atomic mass is 9.96. The molecule has 0 bridgehead atoms. The second kappa shape index (κ2) is 8.88. The number of aromatic nitrogens is 1. The van der Waals surface area contributed by atoms with Crippen molar-refractivity contribution in [1.29, 1.82) is 0 Å². The first-order chi connectivity index (χ1) is 14.9. The number of anilines is 1. The van der Waals surface area contributed by atoms with Gasteiger partial charge < -0.3 is 14.6 Å². The molecule has 4 rings (SSSR count). The van der Waals surface area contributed by atoms with Gasteiger partial charge >= 0.3 is 0 Å². The Kier molecular flexibility index (Phi) is 6.02. The van der Waals surface area contributed by atoms with Crippen molar-refractivity contribution in [3.8, 4) is 11.1 Å². The third-order valence-corrected chi connectivity index (χ3v) is 5.70. The molecule has 162 valence electrons. The molecule has 1 aliphatic rings. The van der Waals surface area contributed by atoms with E-state index in [1.165, 1.54) is 12.1 Å². The van der Waals surface area contributed by atoms with Gasteiger partial charge in [-0.05, 0) is 54.2 Å². The van der Waals surface area contributed by atoms with Crippen LogP contribution in [0.2, 0.25) is 0 Å². The molecular formula is C24H26FN3O3. The second-order valence-corrected chi connectivity index (χ2v) is 8.44. The van der Waals surface area contributed by atoms with Gasteiger partial charge in [0.25, 0.3) is 0 Å². The molecule has 2 amide bonds. The molecule has 0 spiro atoms. The fourth-order valence-electron chi connectivity index (χ4n) is 4.03. The minimum atomic E-state index is -0.496. The minimum Gasteiger partial charge on any atom is -0.440 e. The predicted octanol–water partition coefficient (Wildman–Crippen LogP) is 4.95. The average molecular weight is 423 g/mol. The zero-order valence-electron chi connectivity index (χ0n) is 17.7. The second-order valence-electron chi connectivity index (χ2n) is 8.44. The van der Waals surface area contributed by atoms with Crippen molar-refractivity contribution in [2.24, 2.45) is 5.92 Å². The molecule has 2 heterocycles. The summed E-state index contributed by atoms with van der Waals surface area (Å²) >= 11 is 0. The molecule has 1 aliphatic heterocycles. The van der Waals surface area contributed by atoms with Gasteiger partial charge in [0.2, 0.25) is 12.3 Å². The summed E-state index contributed by atoms with van der Waals surface area (Å²) in [5.74, 6) is 0.967. The van der Waals surface area contributed by atoms with Crippen LogP contribution in [-0.2, 0) is 9.59 Å². The molecule has 7 heteroatoms. The maximum Gasteiger partial charge on any atom is 0.222 e. The molecule has 0 radical (unpaired) electrons. The van der Waals surface area contributed by atoms with Gasteiger partial charge in [0.1, 0.15) is 11.3 Å². The van der Waals surface area contributed by atoms with E-state index in [-0.39, 0.29) is 17.5 Å². The maximum absolute atomic E-state index is 14.2. The van der Waals surface area contributed by atoms with Gasteiger partial charge in [-0.15, -0.1) is 0 Å². The number of piperidine rings is 1. The van der Waals surface area contributed by atoms with E-state index in [0.717, 1.165) is 37.0 Å². The number of hydrogen-bond acceptors (Lipinski definition) is 4. The number of benzene rings is 2. The Bertz CT molecular complexity index is 1100. The van der Waals surface area contributed by atoms with Crippen LogP contribution in [0.15, 0.2) is 40.8 Å². The fourth-order valence-corrected chi connectivity index (χ4v) is 4.03. The number of rotatable bonds is 6. The number of oxazole rings is 1. The third kappa shape index (κ3) is 4.60. The van der Waals surface area contributed by atoms with Gasteiger partial charge in [-0.2, -0.15) is 0 Å². The molecule has 1 aromatic heterocycles. The molecule has 3 aromatic rings. The van der Waals surface area contributed by atoms with Gasteiger partial charge in [0, 0.05) is 25.4 Å². The van der Waals surface area contributed by atoms with E-state index in [4.69, 9.17) is 4.42 Å². The van der Waals surface area contributed by atoms with Gasteiger partial charge in [-0.3, -0.25) is 9.59 Å². The number of fused-ring (bicyclic) bond motifs is 1. The Morgan fingerprint density at radius 1 is 1.23 bits per heavy atom. The van der Waals surface area contributed by atoms with Crippen LogP contribution in [0.25, 0.3) is 22.2 Å². The lowest BCUT2D eigenvalue weighted by molar-refractivity contribution is -0.133. The van der Waals surface area contributed by atoms with Gasteiger partial charge in [0.15, 0.2) is 11.5 Å². The molecule has 0 saturated carbocycles. The van der Waals surface area contributed by atoms with E-state index in [2.05, 4.69) is 24.1 Å². The summed E-state index contributed by atoms with van der Waals surface area (Å²) in [6.45, 7) is 5.56. The van der Waals surface area contributed by atoms with Gasteiger partial charge in [-0.25, -0.2) is 9.37 Å². The number of nitrogens with one attached hydrogen (secondary N) is 1. The van der Waals surface area contributed by atoms with E-state index < -0.39 is 5.82 Å². The molecule has 1 fully saturated rings. The smallest absolute Gasteiger partial charge is 0.222 e. The van der Waals surface area contributed by atoms with E-state index in [9.17, 15) is 14.0 Å². The topological polar surface area (TPSA) is 75.4 Å². The predicted molar refractivity (Wildman–Crippen MR) is 117 cm³/mol. The summed E-state index contributed by atoms with van der Waals surface area (Å²) in [5, 5.41) is 2.34. The van der Waals surface area contributed by atoms with E-state index in [0.29, 0.717) is 35.8 Å². The van der Waals surface area contributed by atoms with E-state index in [1.807, 2.05) is 23.1 Å². The Labute approximate surface area is 180 Å². The number of hydrogen-bond donors (Lipinski definition) is 1. The highest BCUT2D eigenvalue weighted by Crippen LogP contribution is 2.32. The number of likely N-dealkylation sites (tertiary alicyclic amines) is 1. The van der Waals surface area contributed by atoms with Crippen molar-refractivity contribution in [2.45, 2.75) is 39.0 Å². The summed E-state index contributed by atoms with van der Waals surface area (Å²) in [5.41, 5.74) is 3.07. The van der Waals surface area contributed by atoms with Gasteiger partial charge in [-0.1, -0.05) is 26.0 Å². The monoisotopic (exact) mass is 423 g/mol. The van der Waals surface area contributed by atoms with Crippen molar-refractivity contribution in [3.05, 3.63) is 48.1 Å². The molecule has 2 aromatic carbocycles. The van der Waals surface area contributed by atoms with Crippen LogP contribution >= 0.6 is 0 Å². The van der Waals surface area contributed by atoms with Crippen LogP contribution in [0.1, 0.15) is 44.9 Å². The normalized spacial score (nSPS) is 14.9. The largest absolute Gasteiger partial charge is 0.440 e. The summed E-state index contributed by atoms with van der Waals surface area (Å²) in [7, 11) is 0. The molecular weight excluding hydrogens is 397 g/mol. The third-order valence-electron chi connectivity index (χ3n) is 5.70. The Hall–Kier alpha value is -3.22. The lowest BCUT2D eigenvalue weighted by Crippen LogP contribution is -2.38. The SMILES string of the molecule is CC(C)CC(=O)N1CCC(c2nc3cc(-c4ccc(NC=O)c(F)c4)ccc3o2)CC1. The van der Waals surface area contributed by atoms with Crippen molar-refractivity contribution in [2.75, 3.05) is 18.4 Å². The minimum absolute atomic E-state index is 0.141. The van der Waals surface area contributed by atoms with Crippen LogP contribution < -0.4 is 5.32 Å². The zero-order valence-corrected chi connectivity index (χ0v) is 17.7. The van der Waals surface area contributed by atoms with E-state index in [1.54, 1.807) is 6.07 Å². The molecule has 0 atom stereocenters. The number of nitrogens with zero attached hydrogens (tertiary/aromatic N) is 2. The number of carbonyl (C=O) groups is 2. The van der Waals surface area contributed by atoms with Crippen LogP contribution in [-0.4, -0.2) is 35.3 Å². The van der Waals surface area contributed by atoms with Crippen LogP contribution in [0.5, 0.6) is 0 Å². The molecule has 6 nitrogen and oxygen atoms in total. The molecule has 31 heavy (non-hydrogen) atoms. The molecule has 1 N–H and O–H groups in total. The first kappa shape index (κ1) is 21.0. The number of amides is 2. The van der Waals surface area contributed by atoms with Crippen LogP contribution in [0.3, 0.4) is 0 Å². The highest BCUT2D eigenvalue weighted by molar-refractivity contribution is 5.81. The van der Waals surface area contributed by atoms with Crippen molar-refractivity contribution in [3.63, 3.8) is 0 Å². The zero-order chi connectivity index (χ0) is 22.0. The maximum atomic E-state index is 14.2. The fraction of sp³-hybridized carbons (Fsp3) is 0.375. The Morgan fingerprint density at radius 3 is 2.61 bits per heavy atom. The standard InChI is InChI=1S/C24H26FN3O3/c1-15(2)11-23(30)28-9-7-16(8-10-28)24-27-21-13-18(4-6-22(21)31-24)17-3-5-20(26-14-29)19(25)12-17/h3-6,12-16H,7-11H2,1-2H3,(H,26,29). The van der Waals surface area contributed by atoms with Crippen molar-refractivity contribution in [1.82, 2.24) is 9.88 Å².